The van der Waals surface area contributed by atoms with E-state index in [9.17, 15) is 4.79 Å². The maximum atomic E-state index is 12.0. The second-order valence-corrected chi connectivity index (χ2v) is 6.58. The Morgan fingerprint density at radius 3 is 2.54 bits per heavy atom. The highest BCUT2D eigenvalue weighted by Crippen LogP contribution is 2.23. The lowest BCUT2D eigenvalue weighted by molar-refractivity contribution is -0.113. The Hall–Kier alpha value is -2.14. The van der Waals surface area contributed by atoms with Crippen LogP contribution in [0.15, 0.2) is 42.5 Å². The molecule has 0 heterocycles. The second kappa shape index (κ2) is 9.23. The summed E-state index contributed by atoms with van der Waals surface area (Å²) in [6.07, 6.45) is 0. The van der Waals surface area contributed by atoms with Crippen LogP contribution in [0.5, 0.6) is 11.5 Å². The molecule has 0 atom stereocenters. The number of aryl methyl sites for hydroxylation is 2. The molecule has 2 aromatic rings. The van der Waals surface area contributed by atoms with Crippen LogP contribution in [-0.2, 0) is 4.79 Å². The van der Waals surface area contributed by atoms with E-state index < -0.39 is 0 Å². The maximum Gasteiger partial charge on any atom is 0.234 e. The minimum absolute atomic E-state index is 0.0455. The van der Waals surface area contributed by atoms with Crippen LogP contribution in [0.3, 0.4) is 0 Å². The summed E-state index contributed by atoms with van der Waals surface area (Å²) in [7, 11) is 1.59. The summed E-state index contributed by atoms with van der Waals surface area (Å²) < 4.78 is 10.9. The first-order chi connectivity index (χ1) is 11.6. The molecule has 0 aromatic heterocycles. The molecule has 0 radical (unpaired) electrons. The molecule has 5 heteroatoms. The van der Waals surface area contributed by atoms with Gasteiger partial charge in [0.15, 0.2) is 0 Å². The van der Waals surface area contributed by atoms with Gasteiger partial charge in [-0.25, -0.2) is 0 Å². The molecule has 0 saturated carbocycles. The molecule has 0 aliphatic carbocycles. The zero-order valence-corrected chi connectivity index (χ0v) is 15.1. The van der Waals surface area contributed by atoms with Crippen LogP contribution in [0, 0.1) is 13.8 Å². The van der Waals surface area contributed by atoms with Crippen LogP contribution in [0.1, 0.15) is 11.1 Å². The van der Waals surface area contributed by atoms with Gasteiger partial charge in [0.2, 0.25) is 5.91 Å². The van der Waals surface area contributed by atoms with E-state index in [1.54, 1.807) is 18.9 Å². The number of amides is 1. The van der Waals surface area contributed by atoms with Crippen molar-refractivity contribution in [2.24, 2.45) is 0 Å². The van der Waals surface area contributed by atoms with Crippen molar-refractivity contribution in [2.45, 2.75) is 13.8 Å². The lowest BCUT2D eigenvalue weighted by atomic mass is 10.1. The lowest BCUT2D eigenvalue weighted by Gasteiger charge is -2.10. The highest BCUT2D eigenvalue weighted by molar-refractivity contribution is 7.99. The number of para-hydroxylation sites is 2. The third-order valence-corrected chi connectivity index (χ3v) is 4.23. The van der Waals surface area contributed by atoms with Gasteiger partial charge in [-0.2, -0.15) is 0 Å². The molecule has 128 valence electrons. The number of methoxy groups -OCH3 is 1. The van der Waals surface area contributed by atoms with Crippen LogP contribution < -0.4 is 14.8 Å². The normalized spacial score (nSPS) is 10.3. The number of rotatable bonds is 8. The van der Waals surface area contributed by atoms with E-state index >= 15 is 0 Å². The summed E-state index contributed by atoms with van der Waals surface area (Å²) in [5.41, 5.74) is 3.07. The molecular formula is C19H23NO3S. The molecule has 0 fully saturated rings. The van der Waals surface area contributed by atoms with Gasteiger partial charge in [-0.3, -0.25) is 4.79 Å². The zero-order valence-electron chi connectivity index (χ0n) is 14.3. The van der Waals surface area contributed by atoms with Crippen LogP contribution in [0.2, 0.25) is 0 Å². The van der Waals surface area contributed by atoms with Crippen LogP contribution in [-0.4, -0.2) is 31.1 Å². The quantitative estimate of drug-likeness (QED) is 0.733. The summed E-state index contributed by atoms with van der Waals surface area (Å²) in [6, 6.07) is 13.5. The fourth-order valence-corrected chi connectivity index (χ4v) is 2.94. The van der Waals surface area contributed by atoms with E-state index in [1.807, 2.05) is 36.4 Å². The summed E-state index contributed by atoms with van der Waals surface area (Å²) in [5.74, 6) is 2.64. The number of hydrogen-bond acceptors (Lipinski definition) is 4. The monoisotopic (exact) mass is 345 g/mol. The van der Waals surface area contributed by atoms with Crippen molar-refractivity contribution in [3.63, 3.8) is 0 Å². The molecule has 0 saturated heterocycles. The fraction of sp³-hybridized carbons (Fsp3) is 0.316. The first kappa shape index (κ1) is 18.2. The number of hydrogen-bond donors (Lipinski definition) is 1. The number of thioether (sulfide) groups is 1. The van der Waals surface area contributed by atoms with Gasteiger partial charge in [-0.15, -0.1) is 11.8 Å². The number of anilines is 1. The second-order valence-electron chi connectivity index (χ2n) is 5.47. The predicted octanol–water partition coefficient (Wildman–Crippen LogP) is 4.06. The van der Waals surface area contributed by atoms with Crippen molar-refractivity contribution in [2.75, 3.05) is 30.5 Å². The summed E-state index contributed by atoms with van der Waals surface area (Å²) in [4.78, 5) is 12.0. The van der Waals surface area contributed by atoms with Gasteiger partial charge >= 0.3 is 0 Å². The van der Waals surface area contributed by atoms with Crippen LogP contribution in [0.4, 0.5) is 5.69 Å². The van der Waals surface area contributed by atoms with Gasteiger partial charge in [0.1, 0.15) is 11.5 Å². The summed E-state index contributed by atoms with van der Waals surface area (Å²) in [6.45, 7) is 4.68. The molecule has 2 aromatic carbocycles. The molecule has 0 aliphatic heterocycles. The van der Waals surface area contributed by atoms with Crippen LogP contribution in [0.25, 0.3) is 0 Å². The molecule has 24 heavy (non-hydrogen) atoms. The Labute approximate surface area is 147 Å². The Balaban J connectivity index is 1.69. The number of benzene rings is 2. The third kappa shape index (κ3) is 5.81. The van der Waals surface area contributed by atoms with E-state index in [1.165, 1.54) is 11.1 Å². The number of ether oxygens (including phenoxy) is 2. The van der Waals surface area contributed by atoms with E-state index in [2.05, 4.69) is 25.2 Å². The van der Waals surface area contributed by atoms with Gasteiger partial charge in [0.05, 0.1) is 25.2 Å². The lowest BCUT2D eigenvalue weighted by Crippen LogP contribution is -2.15. The van der Waals surface area contributed by atoms with Crippen LogP contribution >= 0.6 is 11.8 Å². The van der Waals surface area contributed by atoms with Crippen molar-refractivity contribution in [3.05, 3.63) is 53.6 Å². The smallest absolute Gasteiger partial charge is 0.234 e. The molecule has 4 nitrogen and oxygen atoms in total. The van der Waals surface area contributed by atoms with Crippen molar-refractivity contribution >= 4 is 23.4 Å². The first-order valence-corrected chi connectivity index (χ1v) is 8.95. The first-order valence-electron chi connectivity index (χ1n) is 7.80. The van der Waals surface area contributed by atoms with Gasteiger partial charge in [0.25, 0.3) is 0 Å². The Kier molecular flexibility index (Phi) is 7.00. The topological polar surface area (TPSA) is 47.6 Å². The molecule has 0 bridgehead atoms. The van der Waals surface area contributed by atoms with E-state index in [0.717, 1.165) is 11.5 Å². The maximum absolute atomic E-state index is 12.0. The molecule has 2 rings (SSSR count). The molecular weight excluding hydrogens is 322 g/mol. The minimum atomic E-state index is -0.0455. The highest BCUT2D eigenvalue weighted by Gasteiger charge is 2.07. The number of nitrogens with one attached hydrogen (secondary N) is 1. The van der Waals surface area contributed by atoms with E-state index in [0.29, 0.717) is 23.8 Å². The fourth-order valence-electron chi connectivity index (χ4n) is 2.33. The predicted molar refractivity (Wildman–Crippen MR) is 100 cm³/mol. The Morgan fingerprint density at radius 1 is 1.12 bits per heavy atom. The Bertz CT molecular complexity index is 668. The number of carbonyl (C=O) groups is 1. The van der Waals surface area contributed by atoms with Crippen molar-refractivity contribution in [1.29, 1.82) is 0 Å². The van der Waals surface area contributed by atoms with Crippen molar-refractivity contribution in [1.82, 2.24) is 0 Å². The van der Waals surface area contributed by atoms with E-state index in [-0.39, 0.29) is 5.91 Å². The van der Waals surface area contributed by atoms with Crippen molar-refractivity contribution in [3.8, 4) is 11.5 Å². The van der Waals surface area contributed by atoms with Gasteiger partial charge in [0, 0.05) is 5.75 Å². The SMILES string of the molecule is COc1ccccc1NC(=O)CSCCOc1cc(C)cc(C)c1. The van der Waals surface area contributed by atoms with Gasteiger partial charge in [-0.1, -0.05) is 18.2 Å². The average molecular weight is 345 g/mol. The average Bonchev–Trinajstić information content (AvgIpc) is 2.54. The van der Waals surface area contributed by atoms with Gasteiger partial charge in [-0.05, 0) is 49.2 Å². The molecule has 1 amide bonds. The van der Waals surface area contributed by atoms with E-state index in [4.69, 9.17) is 9.47 Å². The van der Waals surface area contributed by atoms with Crippen molar-refractivity contribution < 1.29 is 14.3 Å². The number of carbonyl (C=O) groups excluding carboxylic acids is 1. The molecule has 0 aliphatic rings. The standard InChI is InChI=1S/C19H23NO3S/c1-14-10-15(2)12-16(11-14)23-8-9-24-13-19(21)20-17-6-4-5-7-18(17)22-3/h4-7,10-12H,8-9,13H2,1-3H3,(H,20,21). The minimum Gasteiger partial charge on any atom is -0.495 e. The molecule has 0 spiro atoms. The molecule has 1 N–H and O–H groups in total. The Morgan fingerprint density at radius 2 is 1.83 bits per heavy atom. The third-order valence-electron chi connectivity index (χ3n) is 3.31. The highest BCUT2D eigenvalue weighted by atomic mass is 32.2. The van der Waals surface area contributed by atoms with Gasteiger partial charge < -0.3 is 14.8 Å². The largest absolute Gasteiger partial charge is 0.495 e. The molecule has 0 unspecified atom stereocenters. The zero-order chi connectivity index (χ0) is 17.4. The summed E-state index contributed by atoms with van der Waals surface area (Å²) >= 11 is 1.54. The summed E-state index contributed by atoms with van der Waals surface area (Å²) in [5, 5.41) is 2.86.